The molecule has 0 aliphatic carbocycles. The van der Waals surface area contributed by atoms with E-state index in [4.69, 9.17) is 0 Å². The first kappa shape index (κ1) is 16.3. The summed E-state index contributed by atoms with van der Waals surface area (Å²) in [7, 11) is 0. The lowest BCUT2D eigenvalue weighted by atomic mass is 9.67. The summed E-state index contributed by atoms with van der Waals surface area (Å²) in [5.41, 5.74) is 0.338. The van der Waals surface area contributed by atoms with Crippen molar-refractivity contribution in [3.63, 3.8) is 0 Å². The molecule has 1 aromatic carbocycles. The van der Waals surface area contributed by atoms with Crippen LogP contribution in [0.15, 0.2) is 48.3 Å². The van der Waals surface area contributed by atoms with E-state index < -0.39 is 17.0 Å². The molecule has 138 valence electrons. The third kappa shape index (κ3) is 1.93. The lowest BCUT2D eigenvalue weighted by Crippen LogP contribution is -2.61. The molecule has 6 nitrogen and oxygen atoms in total. The third-order valence-electron chi connectivity index (χ3n) is 6.48. The molecule has 6 heteroatoms. The third-order valence-corrected chi connectivity index (χ3v) is 6.48. The molecule has 4 aliphatic rings. The highest BCUT2D eigenvalue weighted by Crippen LogP contribution is 2.49. The van der Waals surface area contributed by atoms with Crippen molar-refractivity contribution in [3.8, 4) is 0 Å². The molecule has 4 aliphatic heterocycles. The van der Waals surface area contributed by atoms with Crippen LogP contribution in [0.1, 0.15) is 37.0 Å². The number of para-hydroxylation sites is 1. The standard InChI is InChI=1S/C21H21N3O3/c1-20(2)9-11-24-16(19(27)23-10-5-8-15(23)18(24)26)12-21(20)17(25)13-6-3-4-7-14(13)22-21/h3-4,6-9,11,16,22H,5,10,12H2,1-2H3/t16-,21?/m0/s1. The van der Waals surface area contributed by atoms with E-state index in [9.17, 15) is 14.4 Å². The number of fused-ring (bicyclic) bond motifs is 3. The van der Waals surface area contributed by atoms with Gasteiger partial charge in [0.25, 0.3) is 5.91 Å². The smallest absolute Gasteiger partial charge is 0.274 e. The predicted molar refractivity (Wildman–Crippen MR) is 99.7 cm³/mol. The fourth-order valence-electron chi connectivity index (χ4n) is 4.79. The summed E-state index contributed by atoms with van der Waals surface area (Å²) in [5.74, 6) is -0.285. The van der Waals surface area contributed by atoms with E-state index in [-0.39, 0.29) is 24.0 Å². The molecule has 1 fully saturated rings. The molecule has 2 atom stereocenters. The monoisotopic (exact) mass is 363 g/mol. The highest BCUT2D eigenvalue weighted by Gasteiger charge is 2.59. The zero-order chi connectivity index (χ0) is 19.0. The number of Topliss-reactive ketones (excluding diaryl/α,β-unsaturated/α-hetero) is 1. The summed E-state index contributed by atoms with van der Waals surface area (Å²) >= 11 is 0. The fourth-order valence-corrected chi connectivity index (χ4v) is 4.79. The van der Waals surface area contributed by atoms with Crippen molar-refractivity contribution < 1.29 is 14.4 Å². The Morgan fingerprint density at radius 1 is 1.15 bits per heavy atom. The van der Waals surface area contributed by atoms with Crippen LogP contribution in [-0.4, -0.2) is 45.5 Å². The van der Waals surface area contributed by atoms with Gasteiger partial charge in [-0.05, 0) is 18.6 Å². The van der Waals surface area contributed by atoms with Gasteiger partial charge in [0.15, 0.2) is 5.78 Å². The second-order valence-corrected chi connectivity index (χ2v) is 8.24. The average Bonchev–Trinajstić information content (AvgIpc) is 3.21. The fraction of sp³-hybridized carbons (Fsp3) is 0.381. The quantitative estimate of drug-likeness (QED) is 0.768. The van der Waals surface area contributed by atoms with Crippen LogP contribution in [-0.2, 0) is 9.59 Å². The van der Waals surface area contributed by atoms with Gasteiger partial charge in [0.05, 0.1) is 0 Å². The molecule has 1 N–H and O–H groups in total. The van der Waals surface area contributed by atoms with Crippen LogP contribution in [0.5, 0.6) is 0 Å². The largest absolute Gasteiger partial charge is 0.371 e. The van der Waals surface area contributed by atoms with Crippen LogP contribution >= 0.6 is 0 Å². The van der Waals surface area contributed by atoms with Gasteiger partial charge in [-0.2, -0.15) is 0 Å². The van der Waals surface area contributed by atoms with E-state index in [1.54, 1.807) is 11.1 Å². The first-order chi connectivity index (χ1) is 12.9. The Balaban J connectivity index is 1.64. The van der Waals surface area contributed by atoms with Gasteiger partial charge in [-0.15, -0.1) is 0 Å². The number of nitrogens with zero attached hydrogens (tertiary/aromatic N) is 2. The van der Waals surface area contributed by atoms with Crippen molar-refractivity contribution in [3.05, 3.63) is 53.9 Å². The lowest BCUT2D eigenvalue weighted by molar-refractivity contribution is -0.148. The molecule has 1 spiro atoms. The van der Waals surface area contributed by atoms with Gasteiger partial charge < -0.3 is 15.1 Å². The Bertz CT molecular complexity index is 961. The van der Waals surface area contributed by atoms with Gasteiger partial charge in [0.2, 0.25) is 5.91 Å². The van der Waals surface area contributed by atoms with Gasteiger partial charge >= 0.3 is 0 Å². The van der Waals surface area contributed by atoms with E-state index in [1.165, 1.54) is 4.90 Å². The minimum absolute atomic E-state index is 0.0161. The predicted octanol–water partition coefficient (Wildman–Crippen LogP) is 2.30. The molecular formula is C21H21N3O3. The summed E-state index contributed by atoms with van der Waals surface area (Å²) in [6.45, 7) is 4.49. The number of hydrogen-bond acceptors (Lipinski definition) is 4. The molecule has 1 unspecified atom stereocenters. The second kappa shape index (κ2) is 5.09. The molecule has 5 rings (SSSR count). The molecule has 0 bridgehead atoms. The number of hydrogen-bond donors (Lipinski definition) is 1. The number of anilines is 1. The van der Waals surface area contributed by atoms with Gasteiger partial charge in [0.1, 0.15) is 17.3 Å². The van der Waals surface area contributed by atoms with Gasteiger partial charge in [-0.1, -0.05) is 38.1 Å². The topological polar surface area (TPSA) is 69.7 Å². The zero-order valence-electron chi connectivity index (χ0n) is 15.4. The highest BCUT2D eigenvalue weighted by molar-refractivity contribution is 6.15. The number of rotatable bonds is 0. The van der Waals surface area contributed by atoms with Crippen molar-refractivity contribution in [2.24, 2.45) is 5.41 Å². The van der Waals surface area contributed by atoms with Crippen LogP contribution in [0, 0.1) is 5.41 Å². The Morgan fingerprint density at radius 3 is 2.70 bits per heavy atom. The number of benzene rings is 1. The summed E-state index contributed by atoms with van der Waals surface area (Å²) in [4.78, 5) is 42.7. The van der Waals surface area contributed by atoms with Crippen LogP contribution in [0.2, 0.25) is 0 Å². The van der Waals surface area contributed by atoms with Crippen LogP contribution < -0.4 is 5.32 Å². The van der Waals surface area contributed by atoms with Crippen LogP contribution in [0.25, 0.3) is 0 Å². The Labute approximate surface area is 157 Å². The van der Waals surface area contributed by atoms with E-state index >= 15 is 0 Å². The van der Waals surface area contributed by atoms with Crippen molar-refractivity contribution >= 4 is 23.3 Å². The first-order valence-corrected chi connectivity index (χ1v) is 9.31. The summed E-state index contributed by atoms with van der Waals surface area (Å²) in [5, 5.41) is 3.43. The molecule has 4 heterocycles. The van der Waals surface area contributed by atoms with Gasteiger partial charge in [0, 0.05) is 35.8 Å². The minimum atomic E-state index is -0.969. The number of piperazine rings is 1. The molecule has 0 saturated carbocycles. The maximum Gasteiger partial charge on any atom is 0.274 e. The summed E-state index contributed by atoms with van der Waals surface area (Å²) < 4.78 is 0. The Kier molecular flexibility index (Phi) is 3.07. The molecular weight excluding hydrogens is 342 g/mol. The number of carbonyl (C=O) groups excluding carboxylic acids is 3. The molecule has 2 amide bonds. The van der Waals surface area contributed by atoms with Crippen molar-refractivity contribution in [2.75, 3.05) is 11.9 Å². The molecule has 27 heavy (non-hydrogen) atoms. The minimum Gasteiger partial charge on any atom is -0.371 e. The number of amides is 2. The van der Waals surface area contributed by atoms with E-state index in [2.05, 4.69) is 5.32 Å². The number of nitrogens with one attached hydrogen (secondary N) is 1. The number of carbonyl (C=O) groups is 3. The molecule has 1 saturated heterocycles. The molecule has 1 aromatic rings. The SMILES string of the molecule is CC1(C)C=CN2C(=O)C3=CCCN3C(=O)[C@@H]2CC12Nc1ccccc1C2=O. The van der Waals surface area contributed by atoms with Crippen LogP contribution in [0.4, 0.5) is 5.69 Å². The maximum absolute atomic E-state index is 13.5. The second-order valence-electron chi connectivity index (χ2n) is 8.24. The average molecular weight is 363 g/mol. The summed E-state index contributed by atoms with van der Waals surface area (Å²) in [6.07, 6.45) is 6.35. The van der Waals surface area contributed by atoms with E-state index in [0.29, 0.717) is 24.2 Å². The summed E-state index contributed by atoms with van der Waals surface area (Å²) in [6, 6.07) is 6.76. The number of ketones is 1. The maximum atomic E-state index is 13.5. The van der Waals surface area contributed by atoms with Gasteiger partial charge in [-0.3, -0.25) is 14.4 Å². The van der Waals surface area contributed by atoms with Crippen molar-refractivity contribution in [1.29, 1.82) is 0 Å². The zero-order valence-corrected chi connectivity index (χ0v) is 15.4. The normalized spacial score (nSPS) is 30.7. The van der Waals surface area contributed by atoms with Crippen LogP contribution in [0.3, 0.4) is 0 Å². The molecule has 0 radical (unpaired) electrons. The Morgan fingerprint density at radius 2 is 1.93 bits per heavy atom. The Hall–Kier alpha value is -2.89. The van der Waals surface area contributed by atoms with E-state index in [0.717, 1.165) is 5.69 Å². The first-order valence-electron chi connectivity index (χ1n) is 9.31. The lowest BCUT2D eigenvalue weighted by Gasteiger charge is -2.44. The molecule has 0 aromatic heterocycles. The van der Waals surface area contributed by atoms with Gasteiger partial charge in [-0.25, -0.2) is 0 Å². The van der Waals surface area contributed by atoms with E-state index in [1.807, 2.05) is 50.3 Å². The van der Waals surface area contributed by atoms with Crippen molar-refractivity contribution in [1.82, 2.24) is 9.80 Å². The highest BCUT2D eigenvalue weighted by atomic mass is 16.2. The van der Waals surface area contributed by atoms with Crippen molar-refractivity contribution in [2.45, 2.75) is 38.3 Å².